The summed E-state index contributed by atoms with van der Waals surface area (Å²) in [4.78, 5) is 28.0. The first-order valence-corrected chi connectivity index (χ1v) is 7.58. The van der Waals surface area contributed by atoms with Gasteiger partial charge in [-0.25, -0.2) is 0 Å². The van der Waals surface area contributed by atoms with Gasteiger partial charge in [-0.2, -0.15) is 0 Å². The minimum atomic E-state index is -0.222. The number of fused-ring (bicyclic) bond motifs is 1. The van der Waals surface area contributed by atoms with Crippen LogP contribution in [0.15, 0.2) is 54.6 Å². The summed E-state index contributed by atoms with van der Waals surface area (Å²) in [5, 5.41) is 6.54. The number of hydrogen-bond acceptors (Lipinski definition) is 3. The zero-order valence-electron chi connectivity index (χ0n) is 13.5. The number of aromatic nitrogens is 1. The van der Waals surface area contributed by atoms with Crippen molar-refractivity contribution >= 4 is 34.1 Å². The number of nitrogens with one attached hydrogen (secondary N) is 2. The van der Waals surface area contributed by atoms with Crippen molar-refractivity contribution in [3.05, 3.63) is 65.9 Å². The second-order valence-electron chi connectivity index (χ2n) is 5.54. The number of rotatable bonds is 3. The molecule has 3 rings (SSSR count). The molecule has 0 saturated carbocycles. The largest absolute Gasteiger partial charge is 0.326 e. The minimum Gasteiger partial charge on any atom is -0.326 e. The Morgan fingerprint density at radius 2 is 1.67 bits per heavy atom. The number of nitrogens with zero attached hydrogens (tertiary/aromatic N) is 1. The zero-order valence-corrected chi connectivity index (χ0v) is 13.5. The number of para-hydroxylation sites is 1. The number of aryl methyl sites for hydroxylation is 1. The molecule has 3 aromatic rings. The van der Waals surface area contributed by atoms with Crippen LogP contribution in [-0.4, -0.2) is 16.8 Å². The summed E-state index contributed by atoms with van der Waals surface area (Å²) in [6, 6.07) is 16.3. The van der Waals surface area contributed by atoms with Crippen LogP contribution in [0, 0.1) is 6.92 Å². The molecule has 1 aromatic heterocycles. The van der Waals surface area contributed by atoms with Crippen LogP contribution in [0.25, 0.3) is 10.9 Å². The van der Waals surface area contributed by atoms with Crippen LogP contribution >= 0.6 is 0 Å². The van der Waals surface area contributed by atoms with E-state index in [4.69, 9.17) is 0 Å². The van der Waals surface area contributed by atoms with Crippen molar-refractivity contribution in [2.75, 3.05) is 10.6 Å². The molecule has 0 bridgehead atoms. The Labute approximate surface area is 139 Å². The fraction of sp³-hybridized carbons (Fsp3) is 0.105. The van der Waals surface area contributed by atoms with Crippen molar-refractivity contribution in [1.82, 2.24) is 4.98 Å². The number of anilines is 2. The summed E-state index contributed by atoms with van der Waals surface area (Å²) >= 11 is 0. The molecule has 0 aliphatic rings. The van der Waals surface area contributed by atoms with Crippen LogP contribution in [0.2, 0.25) is 0 Å². The van der Waals surface area contributed by atoms with Crippen molar-refractivity contribution in [1.29, 1.82) is 0 Å². The van der Waals surface area contributed by atoms with Crippen LogP contribution in [0.4, 0.5) is 11.4 Å². The van der Waals surface area contributed by atoms with Crippen molar-refractivity contribution < 1.29 is 9.59 Å². The Morgan fingerprint density at radius 3 is 2.38 bits per heavy atom. The molecular weight excluding hydrogens is 302 g/mol. The van der Waals surface area contributed by atoms with E-state index < -0.39 is 0 Å². The van der Waals surface area contributed by atoms with Crippen LogP contribution in [-0.2, 0) is 4.79 Å². The maximum absolute atomic E-state index is 12.4. The van der Waals surface area contributed by atoms with Gasteiger partial charge in [0.15, 0.2) is 0 Å². The highest BCUT2D eigenvalue weighted by atomic mass is 16.2. The molecule has 0 radical (unpaired) electrons. The standard InChI is InChI=1S/C19H17N3O2/c1-12-6-7-14-4-3-5-17(18(14)20-12)22-19(24)15-8-10-16(11-9-15)21-13(2)23/h3-11H,1-2H3,(H,21,23)(H,22,24). The van der Waals surface area contributed by atoms with Gasteiger partial charge in [-0.05, 0) is 43.3 Å². The van der Waals surface area contributed by atoms with E-state index in [0.717, 1.165) is 16.6 Å². The Morgan fingerprint density at radius 1 is 0.917 bits per heavy atom. The minimum absolute atomic E-state index is 0.149. The fourth-order valence-electron chi connectivity index (χ4n) is 2.45. The van der Waals surface area contributed by atoms with Crippen molar-refractivity contribution in [3.63, 3.8) is 0 Å². The van der Waals surface area contributed by atoms with Gasteiger partial charge in [-0.3, -0.25) is 14.6 Å². The van der Waals surface area contributed by atoms with E-state index in [0.29, 0.717) is 16.9 Å². The molecular formula is C19H17N3O2. The molecule has 2 aromatic carbocycles. The highest BCUT2D eigenvalue weighted by Crippen LogP contribution is 2.22. The van der Waals surface area contributed by atoms with Crippen molar-refractivity contribution in [3.8, 4) is 0 Å². The van der Waals surface area contributed by atoms with Gasteiger partial charge < -0.3 is 10.6 Å². The first kappa shape index (κ1) is 15.7. The molecule has 1 heterocycles. The average Bonchev–Trinajstić information content (AvgIpc) is 2.55. The lowest BCUT2D eigenvalue weighted by atomic mass is 10.1. The summed E-state index contributed by atoms with van der Waals surface area (Å²) in [7, 11) is 0. The molecule has 0 aliphatic heterocycles. The first-order valence-electron chi connectivity index (χ1n) is 7.58. The molecule has 5 heteroatoms. The average molecular weight is 319 g/mol. The third-order valence-corrected chi connectivity index (χ3v) is 3.58. The van der Waals surface area contributed by atoms with E-state index >= 15 is 0 Å². The van der Waals surface area contributed by atoms with Gasteiger partial charge >= 0.3 is 0 Å². The summed E-state index contributed by atoms with van der Waals surface area (Å²) in [5.74, 6) is -0.371. The number of hydrogen-bond donors (Lipinski definition) is 2. The third kappa shape index (κ3) is 3.41. The zero-order chi connectivity index (χ0) is 17.1. The van der Waals surface area contributed by atoms with Crippen LogP contribution in [0.3, 0.4) is 0 Å². The number of benzene rings is 2. The SMILES string of the molecule is CC(=O)Nc1ccc(C(=O)Nc2cccc3ccc(C)nc23)cc1. The monoisotopic (exact) mass is 319 g/mol. The van der Waals surface area contributed by atoms with E-state index in [2.05, 4.69) is 15.6 Å². The second kappa shape index (κ2) is 6.50. The van der Waals surface area contributed by atoms with Gasteiger partial charge in [-0.15, -0.1) is 0 Å². The smallest absolute Gasteiger partial charge is 0.255 e. The molecule has 5 nitrogen and oxygen atoms in total. The highest BCUT2D eigenvalue weighted by molar-refractivity contribution is 6.08. The maximum atomic E-state index is 12.4. The third-order valence-electron chi connectivity index (χ3n) is 3.58. The maximum Gasteiger partial charge on any atom is 0.255 e. The Balaban J connectivity index is 1.84. The van der Waals surface area contributed by atoms with E-state index in [1.165, 1.54) is 6.92 Å². The highest BCUT2D eigenvalue weighted by Gasteiger charge is 2.09. The van der Waals surface area contributed by atoms with Crippen LogP contribution < -0.4 is 10.6 Å². The van der Waals surface area contributed by atoms with Gasteiger partial charge in [0, 0.05) is 29.3 Å². The lowest BCUT2D eigenvalue weighted by Crippen LogP contribution is -2.13. The molecule has 0 aliphatic carbocycles. The van der Waals surface area contributed by atoms with Gasteiger partial charge in [-0.1, -0.05) is 18.2 Å². The van der Waals surface area contributed by atoms with Gasteiger partial charge in [0.05, 0.1) is 11.2 Å². The molecule has 0 unspecified atom stereocenters. The number of carbonyl (C=O) groups excluding carboxylic acids is 2. The molecule has 120 valence electrons. The normalized spacial score (nSPS) is 10.4. The van der Waals surface area contributed by atoms with Gasteiger partial charge in [0.25, 0.3) is 5.91 Å². The van der Waals surface area contributed by atoms with E-state index in [1.54, 1.807) is 24.3 Å². The lowest BCUT2D eigenvalue weighted by Gasteiger charge is -2.09. The predicted molar refractivity (Wildman–Crippen MR) is 95.2 cm³/mol. The summed E-state index contributed by atoms with van der Waals surface area (Å²) < 4.78 is 0. The molecule has 0 spiro atoms. The molecule has 0 atom stereocenters. The fourth-order valence-corrected chi connectivity index (χ4v) is 2.45. The molecule has 0 saturated heterocycles. The quantitative estimate of drug-likeness (QED) is 0.772. The Hall–Kier alpha value is -3.21. The Kier molecular flexibility index (Phi) is 4.24. The predicted octanol–water partition coefficient (Wildman–Crippen LogP) is 3.75. The summed E-state index contributed by atoms with van der Waals surface area (Å²) in [6.07, 6.45) is 0. The number of amides is 2. The second-order valence-corrected chi connectivity index (χ2v) is 5.54. The van der Waals surface area contributed by atoms with E-state index in [-0.39, 0.29) is 11.8 Å². The lowest BCUT2D eigenvalue weighted by molar-refractivity contribution is -0.114. The molecule has 2 amide bonds. The number of pyridine rings is 1. The molecule has 24 heavy (non-hydrogen) atoms. The van der Waals surface area contributed by atoms with E-state index in [1.807, 2.05) is 37.3 Å². The summed E-state index contributed by atoms with van der Waals surface area (Å²) in [6.45, 7) is 3.36. The summed E-state index contributed by atoms with van der Waals surface area (Å²) in [5.41, 5.74) is 3.49. The first-order chi connectivity index (χ1) is 11.5. The number of carbonyl (C=O) groups is 2. The van der Waals surface area contributed by atoms with Crippen molar-refractivity contribution in [2.24, 2.45) is 0 Å². The molecule has 0 fully saturated rings. The Bertz CT molecular complexity index is 918. The topological polar surface area (TPSA) is 71.1 Å². The van der Waals surface area contributed by atoms with E-state index in [9.17, 15) is 9.59 Å². The van der Waals surface area contributed by atoms with Gasteiger partial charge in [0.1, 0.15) is 0 Å². The molecule has 2 N–H and O–H groups in total. The van der Waals surface area contributed by atoms with Crippen LogP contribution in [0.5, 0.6) is 0 Å². The van der Waals surface area contributed by atoms with Gasteiger partial charge in [0.2, 0.25) is 5.91 Å². The van der Waals surface area contributed by atoms with Crippen molar-refractivity contribution in [2.45, 2.75) is 13.8 Å². The van der Waals surface area contributed by atoms with Crippen LogP contribution in [0.1, 0.15) is 23.0 Å².